The third kappa shape index (κ3) is 4.08. The Morgan fingerprint density at radius 1 is 0.968 bits per heavy atom. The molecule has 0 radical (unpaired) electrons. The Hall–Kier alpha value is -3.49. The maximum Gasteiger partial charge on any atom is 0.234 e. The number of amides is 1. The summed E-state index contributed by atoms with van der Waals surface area (Å²) in [6.45, 7) is 0. The van der Waals surface area contributed by atoms with Gasteiger partial charge in [0.15, 0.2) is 11.0 Å². The van der Waals surface area contributed by atoms with Crippen molar-refractivity contribution in [3.05, 3.63) is 84.4 Å². The van der Waals surface area contributed by atoms with Crippen LogP contribution in [0.15, 0.2) is 89.5 Å². The Morgan fingerprint density at radius 3 is 2.65 bits per heavy atom. The fraction of sp³-hybridized carbons (Fsp3) is 0.0435. The first-order valence-corrected chi connectivity index (χ1v) is 11.5. The SMILES string of the molecule is O=C(CSc1nnc(-c2cccs2)n1-c1ccccc1)Nc1ccnc2ccccc12. The Balaban J connectivity index is 1.38. The second kappa shape index (κ2) is 8.71. The van der Waals surface area contributed by atoms with E-state index in [-0.39, 0.29) is 11.7 Å². The summed E-state index contributed by atoms with van der Waals surface area (Å²) in [5.74, 6) is 0.873. The Morgan fingerprint density at radius 2 is 1.81 bits per heavy atom. The average Bonchev–Trinajstić information content (AvgIpc) is 3.48. The number of thiophene rings is 1. The highest BCUT2D eigenvalue weighted by molar-refractivity contribution is 7.99. The summed E-state index contributed by atoms with van der Waals surface area (Å²) >= 11 is 2.97. The average molecular weight is 444 g/mol. The maximum absolute atomic E-state index is 12.7. The Bertz CT molecular complexity index is 1330. The first-order chi connectivity index (χ1) is 15.3. The zero-order chi connectivity index (χ0) is 21.0. The van der Waals surface area contributed by atoms with Gasteiger partial charge in [-0.1, -0.05) is 54.2 Å². The number of pyridine rings is 1. The van der Waals surface area contributed by atoms with Crippen LogP contribution in [0, 0.1) is 0 Å². The second-order valence-corrected chi connectivity index (χ2v) is 8.56. The third-order valence-electron chi connectivity index (χ3n) is 4.64. The first kappa shape index (κ1) is 19.5. The summed E-state index contributed by atoms with van der Waals surface area (Å²) in [5.41, 5.74) is 2.55. The molecular formula is C23H17N5OS2. The lowest BCUT2D eigenvalue weighted by molar-refractivity contribution is -0.113. The van der Waals surface area contributed by atoms with Gasteiger partial charge >= 0.3 is 0 Å². The molecule has 0 fully saturated rings. The number of carbonyl (C=O) groups excluding carboxylic acids is 1. The number of aromatic nitrogens is 4. The molecule has 3 heterocycles. The van der Waals surface area contributed by atoms with Crippen molar-refractivity contribution in [3.8, 4) is 16.4 Å². The summed E-state index contributed by atoms with van der Waals surface area (Å²) in [7, 11) is 0. The molecular weight excluding hydrogens is 426 g/mol. The van der Waals surface area contributed by atoms with Crippen molar-refractivity contribution in [1.82, 2.24) is 19.7 Å². The van der Waals surface area contributed by atoms with Crippen molar-refractivity contribution < 1.29 is 4.79 Å². The monoisotopic (exact) mass is 443 g/mol. The van der Waals surface area contributed by atoms with E-state index in [9.17, 15) is 4.79 Å². The number of carbonyl (C=O) groups is 1. The molecule has 0 aliphatic heterocycles. The van der Waals surface area contributed by atoms with Crippen LogP contribution in [0.2, 0.25) is 0 Å². The summed E-state index contributed by atoms with van der Waals surface area (Å²) in [6, 6.07) is 23.5. The summed E-state index contributed by atoms with van der Waals surface area (Å²) in [6.07, 6.45) is 1.70. The molecule has 0 unspecified atom stereocenters. The highest BCUT2D eigenvalue weighted by Gasteiger charge is 2.18. The lowest BCUT2D eigenvalue weighted by Gasteiger charge is -2.10. The van der Waals surface area contributed by atoms with Gasteiger partial charge in [-0.15, -0.1) is 21.5 Å². The molecule has 0 aliphatic rings. The van der Waals surface area contributed by atoms with Gasteiger partial charge in [0.25, 0.3) is 0 Å². The number of anilines is 1. The number of benzene rings is 2. The van der Waals surface area contributed by atoms with E-state index in [1.54, 1.807) is 17.5 Å². The molecule has 5 rings (SSSR count). The number of para-hydroxylation sites is 2. The highest BCUT2D eigenvalue weighted by Crippen LogP contribution is 2.30. The van der Waals surface area contributed by atoms with Crippen LogP contribution in [-0.4, -0.2) is 31.4 Å². The van der Waals surface area contributed by atoms with Crippen LogP contribution < -0.4 is 5.32 Å². The molecule has 0 aliphatic carbocycles. The fourth-order valence-electron chi connectivity index (χ4n) is 3.26. The van der Waals surface area contributed by atoms with Gasteiger partial charge in [-0.25, -0.2) is 0 Å². The molecule has 0 saturated heterocycles. The summed E-state index contributed by atoms with van der Waals surface area (Å²) in [5, 5.41) is 15.4. The lowest BCUT2D eigenvalue weighted by Crippen LogP contribution is -2.15. The molecule has 2 aromatic carbocycles. The van der Waals surface area contributed by atoms with E-state index in [0.29, 0.717) is 5.16 Å². The van der Waals surface area contributed by atoms with E-state index in [1.165, 1.54) is 11.8 Å². The molecule has 152 valence electrons. The van der Waals surface area contributed by atoms with Crippen LogP contribution in [0.4, 0.5) is 5.69 Å². The molecule has 1 amide bonds. The molecule has 5 aromatic rings. The Kier molecular flexibility index (Phi) is 5.47. The topological polar surface area (TPSA) is 72.7 Å². The highest BCUT2D eigenvalue weighted by atomic mass is 32.2. The van der Waals surface area contributed by atoms with Crippen LogP contribution >= 0.6 is 23.1 Å². The van der Waals surface area contributed by atoms with Gasteiger partial charge in [0.05, 0.1) is 21.8 Å². The van der Waals surface area contributed by atoms with Gasteiger partial charge in [-0.3, -0.25) is 14.3 Å². The van der Waals surface area contributed by atoms with Crippen molar-refractivity contribution in [2.24, 2.45) is 0 Å². The smallest absolute Gasteiger partial charge is 0.234 e. The van der Waals surface area contributed by atoms with Crippen molar-refractivity contribution in [1.29, 1.82) is 0 Å². The molecule has 8 heteroatoms. The normalized spacial score (nSPS) is 11.0. The van der Waals surface area contributed by atoms with E-state index in [4.69, 9.17) is 0 Å². The molecule has 0 atom stereocenters. The van der Waals surface area contributed by atoms with Crippen LogP contribution in [0.25, 0.3) is 27.3 Å². The molecule has 1 N–H and O–H groups in total. The third-order valence-corrected chi connectivity index (χ3v) is 6.44. The largest absolute Gasteiger partial charge is 0.325 e. The molecule has 31 heavy (non-hydrogen) atoms. The molecule has 6 nitrogen and oxygen atoms in total. The van der Waals surface area contributed by atoms with E-state index in [2.05, 4.69) is 20.5 Å². The minimum Gasteiger partial charge on any atom is -0.325 e. The van der Waals surface area contributed by atoms with Crippen molar-refractivity contribution in [2.45, 2.75) is 5.16 Å². The minimum atomic E-state index is -0.110. The van der Waals surface area contributed by atoms with Gasteiger partial charge < -0.3 is 5.32 Å². The van der Waals surface area contributed by atoms with Gasteiger partial charge in [0.2, 0.25) is 5.91 Å². The van der Waals surface area contributed by atoms with Crippen LogP contribution in [0.3, 0.4) is 0 Å². The fourth-order valence-corrected chi connectivity index (χ4v) is 4.71. The quantitative estimate of drug-likeness (QED) is 0.362. The zero-order valence-corrected chi connectivity index (χ0v) is 17.9. The van der Waals surface area contributed by atoms with Crippen LogP contribution in [0.5, 0.6) is 0 Å². The number of hydrogen-bond donors (Lipinski definition) is 1. The molecule has 0 saturated carbocycles. The van der Waals surface area contributed by atoms with Gasteiger partial charge in [0, 0.05) is 17.3 Å². The van der Waals surface area contributed by atoms with Crippen molar-refractivity contribution >= 4 is 45.6 Å². The van der Waals surface area contributed by atoms with Gasteiger partial charge in [-0.05, 0) is 35.7 Å². The molecule has 0 spiro atoms. The number of hydrogen-bond acceptors (Lipinski definition) is 6. The van der Waals surface area contributed by atoms with E-state index < -0.39 is 0 Å². The Labute approximate surface area is 187 Å². The van der Waals surface area contributed by atoms with Crippen LogP contribution in [-0.2, 0) is 4.79 Å². The standard InChI is InChI=1S/C23H17N5OS2/c29-21(25-19-12-13-24-18-10-5-4-9-17(18)19)15-31-23-27-26-22(20-11-6-14-30-20)28(23)16-7-2-1-3-8-16/h1-14H,15H2,(H,24,25,29). The maximum atomic E-state index is 12.7. The number of rotatable bonds is 6. The van der Waals surface area contributed by atoms with E-state index >= 15 is 0 Å². The minimum absolute atomic E-state index is 0.110. The predicted octanol–water partition coefficient (Wildman–Crippen LogP) is 5.27. The van der Waals surface area contributed by atoms with Gasteiger partial charge in [0.1, 0.15) is 0 Å². The number of thioether (sulfide) groups is 1. The number of nitrogens with one attached hydrogen (secondary N) is 1. The number of fused-ring (bicyclic) bond motifs is 1. The van der Waals surface area contributed by atoms with Crippen LogP contribution in [0.1, 0.15) is 0 Å². The lowest BCUT2D eigenvalue weighted by atomic mass is 10.2. The number of nitrogens with zero attached hydrogens (tertiary/aromatic N) is 4. The van der Waals surface area contributed by atoms with Crippen molar-refractivity contribution in [3.63, 3.8) is 0 Å². The summed E-state index contributed by atoms with van der Waals surface area (Å²) < 4.78 is 1.99. The van der Waals surface area contributed by atoms with Crippen molar-refractivity contribution in [2.75, 3.05) is 11.1 Å². The second-order valence-electron chi connectivity index (χ2n) is 6.67. The van der Waals surface area contributed by atoms with Gasteiger partial charge in [-0.2, -0.15) is 0 Å². The predicted molar refractivity (Wildman–Crippen MR) is 126 cm³/mol. The molecule has 0 bridgehead atoms. The van der Waals surface area contributed by atoms with E-state index in [0.717, 1.165) is 33.0 Å². The van der Waals surface area contributed by atoms with E-state index in [1.807, 2.05) is 82.7 Å². The zero-order valence-electron chi connectivity index (χ0n) is 16.3. The summed E-state index contributed by atoms with van der Waals surface area (Å²) in [4.78, 5) is 18.1. The molecule has 3 aromatic heterocycles. The first-order valence-electron chi connectivity index (χ1n) is 9.61.